The SMILES string of the molecule is CCOc1ccc(C2(CNC(=NC)N3CCC4(CCCC4)C3)CCOCC2)cc1.I. The van der Waals surface area contributed by atoms with Crippen LogP contribution in [0.4, 0.5) is 0 Å². The average Bonchev–Trinajstić information content (AvgIpc) is 3.40. The fourth-order valence-corrected chi connectivity index (χ4v) is 5.63. The summed E-state index contributed by atoms with van der Waals surface area (Å²) in [7, 11) is 1.93. The highest BCUT2D eigenvalue weighted by molar-refractivity contribution is 14.0. The third-order valence-electron chi connectivity index (χ3n) is 7.43. The van der Waals surface area contributed by atoms with Gasteiger partial charge in [-0.1, -0.05) is 25.0 Å². The summed E-state index contributed by atoms with van der Waals surface area (Å²) in [5.74, 6) is 2.02. The first-order valence-corrected chi connectivity index (χ1v) is 11.5. The molecule has 0 unspecified atom stereocenters. The molecule has 2 aliphatic heterocycles. The van der Waals surface area contributed by atoms with Crippen molar-refractivity contribution < 1.29 is 9.47 Å². The van der Waals surface area contributed by atoms with Gasteiger partial charge in [0, 0.05) is 45.3 Å². The predicted molar refractivity (Wildman–Crippen MR) is 133 cm³/mol. The number of likely N-dealkylation sites (tertiary alicyclic amines) is 1. The van der Waals surface area contributed by atoms with E-state index in [9.17, 15) is 0 Å². The number of aliphatic imine (C=N–C) groups is 1. The van der Waals surface area contributed by atoms with Crippen LogP contribution in [0.15, 0.2) is 29.3 Å². The first-order valence-electron chi connectivity index (χ1n) is 11.5. The summed E-state index contributed by atoms with van der Waals surface area (Å²) in [4.78, 5) is 7.15. The zero-order chi connectivity index (χ0) is 20.2. The molecule has 0 amide bonds. The van der Waals surface area contributed by atoms with Crippen molar-refractivity contribution >= 4 is 29.9 Å². The van der Waals surface area contributed by atoms with Crippen molar-refractivity contribution in [3.8, 4) is 5.75 Å². The smallest absolute Gasteiger partial charge is 0.193 e. The minimum absolute atomic E-state index is 0. The number of ether oxygens (including phenoxy) is 2. The molecule has 0 bridgehead atoms. The molecule has 2 heterocycles. The maximum atomic E-state index is 5.71. The zero-order valence-corrected chi connectivity index (χ0v) is 21.0. The number of rotatable bonds is 5. The van der Waals surface area contributed by atoms with E-state index in [1.807, 2.05) is 14.0 Å². The standard InChI is InChI=1S/C24H37N3O2.HI/c1-3-29-21-8-6-20(7-9-21)24(13-16-28-17-14-24)18-26-22(25-2)27-15-12-23(19-27)10-4-5-11-23;/h6-9H,3-5,10-19H2,1-2H3,(H,25,26);1H. The Kier molecular flexibility index (Phi) is 8.30. The zero-order valence-electron chi connectivity index (χ0n) is 18.6. The van der Waals surface area contributed by atoms with Gasteiger partial charge in [-0.3, -0.25) is 4.99 Å². The van der Waals surface area contributed by atoms with Crippen molar-refractivity contribution in [3.63, 3.8) is 0 Å². The molecule has 1 spiro atoms. The Bertz CT molecular complexity index is 695. The van der Waals surface area contributed by atoms with E-state index in [0.29, 0.717) is 12.0 Å². The highest BCUT2D eigenvalue weighted by Crippen LogP contribution is 2.45. The Balaban J connectivity index is 0.00000256. The molecule has 1 aromatic carbocycles. The van der Waals surface area contributed by atoms with E-state index in [0.717, 1.165) is 50.9 Å². The molecule has 0 atom stereocenters. The summed E-state index contributed by atoms with van der Waals surface area (Å²) in [6, 6.07) is 8.69. The van der Waals surface area contributed by atoms with Gasteiger partial charge >= 0.3 is 0 Å². The molecule has 1 aliphatic carbocycles. The van der Waals surface area contributed by atoms with E-state index in [-0.39, 0.29) is 29.4 Å². The molecular formula is C24H38IN3O2. The highest BCUT2D eigenvalue weighted by Gasteiger charge is 2.42. The summed E-state index contributed by atoms with van der Waals surface area (Å²) in [6.07, 6.45) is 9.00. The van der Waals surface area contributed by atoms with E-state index in [1.165, 1.54) is 44.2 Å². The molecule has 3 aliphatic rings. The third kappa shape index (κ3) is 5.06. The lowest BCUT2D eigenvalue weighted by molar-refractivity contribution is 0.0512. The first kappa shape index (κ1) is 23.6. The lowest BCUT2D eigenvalue weighted by Crippen LogP contribution is -2.49. The second-order valence-electron chi connectivity index (χ2n) is 9.13. The first-order chi connectivity index (χ1) is 14.2. The largest absolute Gasteiger partial charge is 0.494 e. The van der Waals surface area contributed by atoms with Gasteiger partial charge in [0.05, 0.1) is 6.61 Å². The quantitative estimate of drug-likeness (QED) is 0.346. The summed E-state index contributed by atoms with van der Waals surface area (Å²) >= 11 is 0. The average molecular weight is 527 g/mol. The van der Waals surface area contributed by atoms with Crippen molar-refractivity contribution in [2.24, 2.45) is 10.4 Å². The van der Waals surface area contributed by atoms with Crippen LogP contribution in [0.5, 0.6) is 5.75 Å². The summed E-state index contributed by atoms with van der Waals surface area (Å²) in [5.41, 5.74) is 2.02. The number of hydrogen-bond donors (Lipinski definition) is 1. The minimum atomic E-state index is 0. The van der Waals surface area contributed by atoms with Crippen LogP contribution >= 0.6 is 24.0 Å². The number of benzene rings is 1. The predicted octanol–water partition coefficient (Wildman–Crippen LogP) is 4.59. The molecule has 1 saturated carbocycles. The fraction of sp³-hybridized carbons (Fsp3) is 0.708. The molecule has 30 heavy (non-hydrogen) atoms. The van der Waals surface area contributed by atoms with Gasteiger partial charge in [0.2, 0.25) is 0 Å². The Hall–Kier alpha value is -1.02. The van der Waals surface area contributed by atoms with E-state index < -0.39 is 0 Å². The number of halogens is 1. The van der Waals surface area contributed by atoms with Crippen LogP contribution in [-0.4, -0.2) is 57.4 Å². The molecule has 168 valence electrons. The van der Waals surface area contributed by atoms with Gasteiger partial charge in [-0.15, -0.1) is 24.0 Å². The van der Waals surface area contributed by atoms with Crippen molar-refractivity contribution in [3.05, 3.63) is 29.8 Å². The van der Waals surface area contributed by atoms with Crippen molar-refractivity contribution in [2.45, 2.75) is 57.3 Å². The summed E-state index contributed by atoms with van der Waals surface area (Å²) in [5, 5.41) is 3.76. The topological polar surface area (TPSA) is 46.1 Å². The van der Waals surface area contributed by atoms with Crippen LogP contribution < -0.4 is 10.1 Å². The second kappa shape index (κ2) is 10.5. The van der Waals surface area contributed by atoms with Crippen LogP contribution in [0.25, 0.3) is 0 Å². The monoisotopic (exact) mass is 527 g/mol. The van der Waals surface area contributed by atoms with Gasteiger partial charge < -0.3 is 19.7 Å². The van der Waals surface area contributed by atoms with Gasteiger partial charge in [0.25, 0.3) is 0 Å². The molecule has 6 heteroatoms. The highest BCUT2D eigenvalue weighted by atomic mass is 127. The van der Waals surface area contributed by atoms with Crippen molar-refractivity contribution in [1.29, 1.82) is 0 Å². The molecule has 4 rings (SSSR count). The lowest BCUT2D eigenvalue weighted by Gasteiger charge is -2.39. The lowest BCUT2D eigenvalue weighted by atomic mass is 9.74. The Morgan fingerprint density at radius 3 is 2.43 bits per heavy atom. The molecular weight excluding hydrogens is 489 g/mol. The third-order valence-corrected chi connectivity index (χ3v) is 7.43. The molecule has 0 aromatic heterocycles. The van der Waals surface area contributed by atoms with Gasteiger partial charge in [0.1, 0.15) is 5.75 Å². The Labute approximate surface area is 199 Å². The van der Waals surface area contributed by atoms with E-state index in [2.05, 4.69) is 39.5 Å². The summed E-state index contributed by atoms with van der Waals surface area (Å²) < 4.78 is 11.4. The number of guanidine groups is 1. The van der Waals surface area contributed by atoms with Crippen LogP contribution in [0, 0.1) is 5.41 Å². The van der Waals surface area contributed by atoms with Crippen LogP contribution in [-0.2, 0) is 10.2 Å². The minimum Gasteiger partial charge on any atom is -0.494 e. The molecule has 1 N–H and O–H groups in total. The summed E-state index contributed by atoms with van der Waals surface area (Å²) in [6.45, 7) is 7.58. The molecule has 1 aromatic rings. The van der Waals surface area contributed by atoms with Crippen molar-refractivity contribution in [1.82, 2.24) is 10.2 Å². The van der Waals surface area contributed by atoms with Crippen LogP contribution in [0.3, 0.4) is 0 Å². The normalized spacial score (nSPS) is 22.7. The maximum Gasteiger partial charge on any atom is 0.193 e. The molecule has 3 fully saturated rings. The van der Waals surface area contributed by atoms with Crippen molar-refractivity contribution in [2.75, 3.05) is 46.5 Å². The Morgan fingerprint density at radius 2 is 1.80 bits per heavy atom. The molecule has 5 nitrogen and oxygen atoms in total. The number of nitrogens with zero attached hydrogens (tertiary/aromatic N) is 2. The van der Waals surface area contributed by atoms with Crippen LogP contribution in [0.2, 0.25) is 0 Å². The van der Waals surface area contributed by atoms with Gasteiger partial charge in [0.15, 0.2) is 5.96 Å². The van der Waals surface area contributed by atoms with E-state index in [1.54, 1.807) is 0 Å². The Morgan fingerprint density at radius 1 is 1.10 bits per heavy atom. The van der Waals surface area contributed by atoms with Gasteiger partial charge in [-0.05, 0) is 62.1 Å². The number of nitrogens with one attached hydrogen (secondary N) is 1. The second-order valence-corrected chi connectivity index (χ2v) is 9.13. The molecule has 2 saturated heterocycles. The molecule has 0 radical (unpaired) electrons. The van der Waals surface area contributed by atoms with Gasteiger partial charge in [-0.2, -0.15) is 0 Å². The fourth-order valence-electron chi connectivity index (χ4n) is 5.63. The van der Waals surface area contributed by atoms with Gasteiger partial charge in [-0.25, -0.2) is 0 Å². The van der Waals surface area contributed by atoms with E-state index in [4.69, 9.17) is 9.47 Å². The van der Waals surface area contributed by atoms with E-state index >= 15 is 0 Å². The maximum absolute atomic E-state index is 5.71. The number of hydrogen-bond acceptors (Lipinski definition) is 3. The van der Waals surface area contributed by atoms with Crippen LogP contribution in [0.1, 0.15) is 57.4 Å².